The summed E-state index contributed by atoms with van der Waals surface area (Å²) in [6.07, 6.45) is 3.36. The zero-order valence-electron chi connectivity index (χ0n) is 11.4. The molecule has 0 bridgehead atoms. The maximum atomic E-state index is 11.9. The van der Waals surface area contributed by atoms with Crippen molar-refractivity contribution >= 4 is 45.0 Å². The van der Waals surface area contributed by atoms with Gasteiger partial charge in [-0.3, -0.25) is 4.79 Å². The van der Waals surface area contributed by atoms with Crippen LogP contribution in [-0.4, -0.2) is 31.4 Å². The van der Waals surface area contributed by atoms with Crippen molar-refractivity contribution in [2.45, 2.75) is 18.9 Å². The van der Waals surface area contributed by atoms with E-state index in [-0.39, 0.29) is 17.4 Å². The highest BCUT2D eigenvalue weighted by molar-refractivity contribution is 7.91. The Morgan fingerprint density at radius 2 is 1.90 bits per heavy atom. The van der Waals surface area contributed by atoms with Gasteiger partial charge in [-0.25, -0.2) is 8.42 Å². The number of rotatable bonds is 3. The average molecular weight is 348 g/mol. The van der Waals surface area contributed by atoms with Crippen LogP contribution in [0.4, 0.5) is 0 Å². The standard InChI is InChI=1S/C14H15Cl2NO3S/c1-14(4-5-21(19,20)9-14)17-13(18)3-2-10-6-11(15)8-12(16)7-10/h2-3,6-8H,4-5,9H2,1H3,(H,17,18). The summed E-state index contributed by atoms with van der Waals surface area (Å²) in [5.74, 6) is -0.259. The van der Waals surface area contributed by atoms with E-state index in [4.69, 9.17) is 23.2 Å². The maximum Gasteiger partial charge on any atom is 0.244 e. The van der Waals surface area contributed by atoms with E-state index in [0.29, 0.717) is 22.0 Å². The summed E-state index contributed by atoms with van der Waals surface area (Å²) in [5.41, 5.74) is -0.00136. The van der Waals surface area contributed by atoms with Crippen LogP contribution in [0.2, 0.25) is 10.0 Å². The molecule has 4 nitrogen and oxygen atoms in total. The van der Waals surface area contributed by atoms with E-state index in [9.17, 15) is 13.2 Å². The number of amides is 1. The van der Waals surface area contributed by atoms with E-state index in [1.54, 1.807) is 31.2 Å². The fraction of sp³-hybridized carbons (Fsp3) is 0.357. The molecule has 1 atom stereocenters. The highest BCUT2D eigenvalue weighted by Crippen LogP contribution is 2.23. The number of nitrogens with one attached hydrogen (secondary N) is 1. The van der Waals surface area contributed by atoms with Gasteiger partial charge >= 0.3 is 0 Å². The first-order valence-corrected chi connectivity index (χ1v) is 8.92. The number of carbonyl (C=O) groups excluding carboxylic acids is 1. The maximum absolute atomic E-state index is 11.9. The Labute approximate surface area is 134 Å². The molecule has 1 aromatic carbocycles. The van der Waals surface area contributed by atoms with Gasteiger partial charge in [-0.15, -0.1) is 0 Å². The molecule has 1 saturated heterocycles. The van der Waals surface area contributed by atoms with Crippen molar-refractivity contribution in [1.82, 2.24) is 5.32 Å². The third kappa shape index (κ3) is 4.73. The summed E-state index contributed by atoms with van der Waals surface area (Å²) in [6, 6.07) is 4.96. The van der Waals surface area contributed by atoms with Gasteiger partial charge in [0.05, 0.1) is 17.0 Å². The van der Waals surface area contributed by atoms with E-state index in [2.05, 4.69) is 5.32 Å². The van der Waals surface area contributed by atoms with Gasteiger partial charge in [-0.05, 0) is 43.2 Å². The van der Waals surface area contributed by atoms with E-state index in [1.807, 2.05) is 0 Å². The van der Waals surface area contributed by atoms with Crippen molar-refractivity contribution in [1.29, 1.82) is 0 Å². The molecule has 1 aliphatic heterocycles. The lowest BCUT2D eigenvalue weighted by Gasteiger charge is -2.22. The molecule has 0 spiro atoms. The smallest absolute Gasteiger partial charge is 0.244 e. The molecule has 114 valence electrons. The first-order chi connectivity index (χ1) is 9.67. The highest BCUT2D eigenvalue weighted by Gasteiger charge is 2.38. The van der Waals surface area contributed by atoms with Crippen molar-refractivity contribution in [3.05, 3.63) is 39.9 Å². The Kier molecular flexibility index (Phi) is 4.66. The van der Waals surface area contributed by atoms with E-state index in [1.165, 1.54) is 6.08 Å². The minimum atomic E-state index is -3.05. The Balaban J connectivity index is 2.03. The molecule has 1 unspecified atom stereocenters. The van der Waals surface area contributed by atoms with Gasteiger partial charge in [0.2, 0.25) is 5.91 Å². The molecule has 1 fully saturated rings. The zero-order chi connectivity index (χ0) is 15.7. The third-order valence-corrected chi connectivity index (χ3v) is 5.58. The zero-order valence-corrected chi connectivity index (χ0v) is 13.7. The van der Waals surface area contributed by atoms with Gasteiger partial charge in [0.25, 0.3) is 0 Å². The van der Waals surface area contributed by atoms with Crippen LogP contribution in [0, 0.1) is 0 Å². The van der Waals surface area contributed by atoms with Crippen molar-refractivity contribution in [2.24, 2.45) is 0 Å². The number of hydrogen-bond donors (Lipinski definition) is 1. The summed E-state index contributed by atoms with van der Waals surface area (Å²) >= 11 is 11.7. The first kappa shape index (κ1) is 16.3. The normalized spacial score (nSPS) is 24.3. The monoisotopic (exact) mass is 347 g/mol. The number of halogens is 2. The number of hydrogen-bond acceptors (Lipinski definition) is 3. The lowest BCUT2D eigenvalue weighted by atomic mass is 10.0. The topological polar surface area (TPSA) is 63.2 Å². The average Bonchev–Trinajstić information content (AvgIpc) is 2.59. The quantitative estimate of drug-likeness (QED) is 0.855. The van der Waals surface area contributed by atoms with Gasteiger partial charge < -0.3 is 5.32 Å². The minimum Gasteiger partial charge on any atom is -0.346 e. The SMILES string of the molecule is CC1(NC(=O)C=Cc2cc(Cl)cc(Cl)c2)CCS(=O)(=O)C1. The fourth-order valence-corrected chi connectivity index (χ4v) is 4.93. The molecule has 7 heteroatoms. The minimum absolute atomic E-state index is 0.0252. The fourth-order valence-electron chi connectivity index (χ4n) is 2.29. The van der Waals surface area contributed by atoms with Gasteiger partial charge in [0.1, 0.15) is 0 Å². The lowest BCUT2D eigenvalue weighted by Crippen LogP contribution is -2.46. The summed E-state index contributed by atoms with van der Waals surface area (Å²) in [6.45, 7) is 1.74. The summed E-state index contributed by atoms with van der Waals surface area (Å²) in [4.78, 5) is 11.9. The molecule has 1 amide bonds. The van der Waals surface area contributed by atoms with Gasteiger partial charge in [-0.2, -0.15) is 0 Å². The lowest BCUT2D eigenvalue weighted by molar-refractivity contribution is -0.117. The van der Waals surface area contributed by atoms with Crippen molar-refractivity contribution in [2.75, 3.05) is 11.5 Å². The second-order valence-electron chi connectivity index (χ2n) is 5.43. The molecular weight excluding hydrogens is 333 g/mol. The van der Waals surface area contributed by atoms with Crippen molar-refractivity contribution in [3.8, 4) is 0 Å². The molecule has 1 N–H and O–H groups in total. The molecule has 1 aliphatic rings. The molecular formula is C14H15Cl2NO3S. The predicted molar refractivity (Wildman–Crippen MR) is 85.3 cm³/mol. The molecule has 0 aliphatic carbocycles. The van der Waals surface area contributed by atoms with Gasteiger partial charge in [0, 0.05) is 16.1 Å². The Morgan fingerprint density at radius 3 is 2.43 bits per heavy atom. The molecule has 0 saturated carbocycles. The van der Waals surface area contributed by atoms with Gasteiger partial charge in [-0.1, -0.05) is 23.2 Å². The Hall–Kier alpha value is -1.04. The number of benzene rings is 1. The molecule has 0 aromatic heterocycles. The molecule has 1 aromatic rings. The van der Waals surface area contributed by atoms with Crippen LogP contribution < -0.4 is 5.32 Å². The van der Waals surface area contributed by atoms with Crippen LogP contribution in [0.15, 0.2) is 24.3 Å². The number of carbonyl (C=O) groups is 1. The largest absolute Gasteiger partial charge is 0.346 e. The first-order valence-electron chi connectivity index (χ1n) is 6.34. The highest BCUT2D eigenvalue weighted by atomic mass is 35.5. The summed E-state index contributed by atoms with van der Waals surface area (Å²) < 4.78 is 23.0. The third-order valence-electron chi connectivity index (χ3n) is 3.24. The molecule has 2 rings (SSSR count). The Bertz CT molecular complexity index is 680. The van der Waals surface area contributed by atoms with E-state index < -0.39 is 15.4 Å². The molecule has 0 radical (unpaired) electrons. The van der Waals surface area contributed by atoms with Crippen LogP contribution in [0.1, 0.15) is 18.9 Å². The van der Waals surface area contributed by atoms with Crippen LogP contribution in [0.3, 0.4) is 0 Å². The Morgan fingerprint density at radius 1 is 1.29 bits per heavy atom. The summed E-state index contributed by atoms with van der Waals surface area (Å²) in [5, 5.41) is 3.71. The van der Waals surface area contributed by atoms with E-state index in [0.717, 1.165) is 0 Å². The van der Waals surface area contributed by atoms with Crippen LogP contribution in [-0.2, 0) is 14.6 Å². The van der Waals surface area contributed by atoms with Crippen molar-refractivity contribution in [3.63, 3.8) is 0 Å². The van der Waals surface area contributed by atoms with Crippen LogP contribution in [0.5, 0.6) is 0 Å². The van der Waals surface area contributed by atoms with Crippen LogP contribution in [0.25, 0.3) is 6.08 Å². The second-order valence-corrected chi connectivity index (χ2v) is 8.48. The molecule has 21 heavy (non-hydrogen) atoms. The number of sulfone groups is 1. The predicted octanol–water partition coefficient (Wildman–Crippen LogP) is 2.70. The van der Waals surface area contributed by atoms with Gasteiger partial charge in [0.15, 0.2) is 9.84 Å². The second kappa shape index (κ2) is 5.99. The van der Waals surface area contributed by atoms with E-state index >= 15 is 0 Å². The van der Waals surface area contributed by atoms with Crippen LogP contribution >= 0.6 is 23.2 Å². The van der Waals surface area contributed by atoms with Crippen molar-refractivity contribution < 1.29 is 13.2 Å². The summed E-state index contributed by atoms with van der Waals surface area (Å²) in [7, 11) is -3.05. The molecule has 1 heterocycles.